The molecule has 2 N–H and O–H groups in total. The minimum atomic E-state index is -1.08. The Labute approximate surface area is 202 Å². The molecule has 0 saturated carbocycles. The van der Waals surface area contributed by atoms with E-state index in [9.17, 15) is 24.0 Å². The van der Waals surface area contributed by atoms with E-state index in [0.717, 1.165) is 5.56 Å². The Hall–Kier alpha value is -4.21. The van der Waals surface area contributed by atoms with Gasteiger partial charge in [-0.2, -0.15) is 0 Å². The van der Waals surface area contributed by atoms with Crippen LogP contribution in [0.3, 0.4) is 0 Å². The maximum atomic E-state index is 13.1. The smallest absolute Gasteiger partial charge is 0.338 e. The summed E-state index contributed by atoms with van der Waals surface area (Å²) < 4.78 is 14.3. The van der Waals surface area contributed by atoms with Crippen molar-refractivity contribution in [1.29, 1.82) is 0 Å². The third-order valence-corrected chi connectivity index (χ3v) is 5.11. The molecule has 0 bridgehead atoms. The third kappa shape index (κ3) is 7.66. The first-order valence-corrected chi connectivity index (χ1v) is 10.7. The second-order valence-electron chi connectivity index (χ2n) is 7.59. The van der Waals surface area contributed by atoms with Gasteiger partial charge in [-0.05, 0) is 23.3 Å². The fourth-order valence-corrected chi connectivity index (χ4v) is 3.43. The van der Waals surface area contributed by atoms with Gasteiger partial charge < -0.3 is 24.8 Å². The molecule has 0 spiro atoms. The Morgan fingerprint density at radius 1 is 0.714 bits per heavy atom. The number of carbonyl (C=O) groups excluding carboxylic acids is 5. The summed E-state index contributed by atoms with van der Waals surface area (Å²) in [6.45, 7) is 1.25. The lowest BCUT2D eigenvalue weighted by molar-refractivity contribution is -0.145. The summed E-state index contributed by atoms with van der Waals surface area (Å²) >= 11 is 0. The molecule has 2 aromatic rings. The zero-order valence-electron chi connectivity index (χ0n) is 20.0. The number of hydrogen-bond acceptors (Lipinski definition) is 8. The summed E-state index contributed by atoms with van der Waals surface area (Å²) in [5.41, 5.74) is 1.22. The molecular formula is C25H28N2O8. The van der Waals surface area contributed by atoms with Gasteiger partial charge in [-0.25, -0.2) is 14.4 Å². The maximum absolute atomic E-state index is 13.1. The number of benzene rings is 2. The predicted octanol–water partition coefficient (Wildman–Crippen LogP) is 1.21. The number of methoxy groups -OCH3 is 3. The van der Waals surface area contributed by atoms with Gasteiger partial charge in [0.15, 0.2) is 0 Å². The van der Waals surface area contributed by atoms with E-state index in [1.807, 2.05) is 30.3 Å². The first-order valence-electron chi connectivity index (χ1n) is 10.7. The quantitative estimate of drug-likeness (QED) is 0.379. The minimum absolute atomic E-state index is 0.00255. The lowest BCUT2D eigenvalue weighted by Gasteiger charge is -2.22. The van der Waals surface area contributed by atoms with E-state index >= 15 is 0 Å². The van der Waals surface area contributed by atoms with Gasteiger partial charge in [0.05, 0.1) is 32.5 Å². The van der Waals surface area contributed by atoms with Crippen LogP contribution in [-0.2, 0) is 41.4 Å². The highest BCUT2D eigenvalue weighted by atomic mass is 16.5. The summed E-state index contributed by atoms with van der Waals surface area (Å²) in [4.78, 5) is 61.4. The molecular weight excluding hydrogens is 456 g/mol. The molecule has 2 amide bonds. The molecule has 0 heterocycles. The van der Waals surface area contributed by atoms with Gasteiger partial charge >= 0.3 is 17.9 Å². The lowest BCUT2D eigenvalue weighted by Crippen LogP contribution is -2.53. The van der Waals surface area contributed by atoms with Gasteiger partial charge in [-0.3, -0.25) is 9.59 Å². The number of ether oxygens (including phenoxy) is 3. The Morgan fingerprint density at radius 2 is 1.31 bits per heavy atom. The standard InChI is InChI=1S/C25H28N2O8/c1-15(28)26-20(14-17-10-11-18(23(30)33-2)19(12-17)24(31)34-3)22(29)27-21(25(32)35-4)13-16-8-6-5-7-9-16/h5-12,20-21H,13-14H2,1-4H3,(H,26,28)(H,27,29)/t20-,21+/m1/s1. The van der Waals surface area contributed by atoms with Crippen LogP contribution in [0.1, 0.15) is 38.8 Å². The van der Waals surface area contributed by atoms with Crippen LogP contribution >= 0.6 is 0 Å². The number of carbonyl (C=O) groups is 5. The van der Waals surface area contributed by atoms with E-state index in [0.29, 0.717) is 5.56 Å². The van der Waals surface area contributed by atoms with Crippen LogP contribution in [0.15, 0.2) is 48.5 Å². The molecule has 186 valence electrons. The van der Waals surface area contributed by atoms with Crippen LogP contribution < -0.4 is 10.6 Å². The third-order valence-electron chi connectivity index (χ3n) is 5.11. The van der Waals surface area contributed by atoms with Gasteiger partial charge in [0.1, 0.15) is 12.1 Å². The topological polar surface area (TPSA) is 137 Å². The molecule has 0 aliphatic carbocycles. The highest BCUT2D eigenvalue weighted by Gasteiger charge is 2.28. The van der Waals surface area contributed by atoms with Crippen molar-refractivity contribution < 1.29 is 38.2 Å². The number of rotatable bonds is 10. The molecule has 0 radical (unpaired) electrons. The number of nitrogens with one attached hydrogen (secondary N) is 2. The Balaban J connectivity index is 2.30. The summed E-state index contributed by atoms with van der Waals surface area (Å²) in [7, 11) is 3.57. The average molecular weight is 485 g/mol. The van der Waals surface area contributed by atoms with E-state index in [-0.39, 0.29) is 24.0 Å². The summed E-state index contributed by atoms with van der Waals surface area (Å²) in [6, 6.07) is 11.3. The number of hydrogen-bond donors (Lipinski definition) is 2. The molecule has 0 unspecified atom stereocenters. The van der Waals surface area contributed by atoms with Crippen molar-refractivity contribution in [2.45, 2.75) is 31.8 Å². The van der Waals surface area contributed by atoms with E-state index in [2.05, 4.69) is 10.6 Å². The largest absolute Gasteiger partial charge is 0.467 e. The van der Waals surface area contributed by atoms with E-state index in [4.69, 9.17) is 14.2 Å². The van der Waals surface area contributed by atoms with Crippen molar-refractivity contribution >= 4 is 29.7 Å². The number of amides is 2. The zero-order chi connectivity index (χ0) is 26.0. The second-order valence-corrected chi connectivity index (χ2v) is 7.59. The molecule has 10 heteroatoms. The van der Waals surface area contributed by atoms with Crippen LogP contribution in [0.25, 0.3) is 0 Å². The van der Waals surface area contributed by atoms with E-state index < -0.39 is 41.8 Å². The summed E-state index contributed by atoms with van der Waals surface area (Å²) in [5, 5.41) is 5.19. The van der Waals surface area contributed by atoms with Gasteiger partial charge in [0.2, 0.25) is 11.8 Å². The van der Waals surface area contributed by atoms with Gasteiger partial charge in [0, 0.05) is 19.8 Å². The van der Waals surface area contributed by atoms with E-state index in [1.165, 1.54) is 46.5 Å². The summed E-state index contributed by atoms with van der Waals surface area (Å²) in [6.07, 6.45) is 0.155. The van der Waals surface area contributed by atoms with Crippen LogP contribution in [0, 0.1) is 0 Å². The molecule has 35 heavy (non-hydrogen) atoms. The highest BCUT2D eigenvalue weighted by molar-refractivity contribution is 6.03. The van der Waals surface area contributed by atoms with Crippen LogP contribution in [-0.4, -0.2) is 63.1 Å². The predicted molar refractivity (Wildman–Crippen MR) is 125 cm³/mol. The van der Waals surface area contributed by atoms with Crippen LogP contribution in [0.5, 0.6) is 0 Å². The molecule has 0 aromatic heterocycles. The molecule has 0 aliphatic heterocycles. The molecule has 2 rings (SSSR count). The molecule has 10 nitrogen and oxygen atoms in total. The molecule has 0 aliphatic rings. The van der Waals surface area contributed by atoms with Crippen molar-refractivity contribution in [2.75, 3.05) is 21.3 Å². The molecule has 0 fully saturated rings. The Morgan fingerprint density at radius 3 is 1.89 bits per heavy atom. The summed E-state index contributed by atoms with van der Waals surface area (Å²) in [5.74, 6) is -3.22. The van der Waals surface area contributed by atoms with Crippen molar-refractivity contribution in [3.05, 3.63) is 70.8 Å². The van der Waals surface area contributed by atoms with Gasteiger partial charge in [-0.15, -0.1) is 0 Å². The Bertz CT molecular complexity index is 1080. The monoisotopic (exact) mass is 484 g/mol. The van der Waals surface area contributed by atoms with Crippen molar-refractivity contribution in [1.82, 2.24) is 10.6 Å². The van der Waals surface area contributed by atoms with Gasteiger partial charge in [0.25, 0.3) is 0 Å². The van der Waals surface area contributed by atoms with Gasteiger partial charge in [-0.1, -0.05) is 36.4 Å². The lowest BCUT2D eigenvalue weighted by atomic mass is 9.98. The average Bonchev–Trinajstić information content (AvgIpc) is 2.86. The Kier molecular flexibility index (Phi) is 9.95. The van der Waals surface area contributed by atoms with Crippen molar-refractivity contribution in [2.24, 2.45) is 0 Å². The van der Waals surface area contributed by atoms with E-state index in [1.54, 1.807) is 0 Å². The first kappa shape index (κ1) is 27.0. The first-order chi connectivity index (χ1) is 16.7. The number of esters is 3. The molecule has 0 saturated heterocycles. The minimum Gasteiger partial charge on any atom is -0.467 e. The van der Waals surface area contributed by atoms with Crippen LogP contribution in [0.4, 0.5) is 0 Å². The van der Waals surface area contributed by atoms with Crippen molar-refractivity contribution in [3.8, 4) is 0 Å². The fraction of sp³-hybridized carbons (Fsp3) is 0.320. The fourth-order valence-electron chi connectivity index (χ4n) is 3.43. The molecule has 2 aromatic carbocycles. The molecule has 2 atom stereocenters. The maximum Gasteiger partial charge on any atom is 0.338 e. The van der Waals surface area contributed by atoms with Crippen LogP contribution in [0.2, 0.25) is 0 Å². The zero-order valence-corrected chi connectivity index (χ0v) is 20.0. The SMILES string of the molecule is COC(=O)c1ccc(C[C@@H](NC(C)=O)C(=O)N[C@@H](Cc2ccccc2)C(=O)OC)cc1C(=O)OC. The highest BCUT2D eigenvalue weighted by Crippen LogP contribution is 2.17. The van der Waals surface area contributed by atoms with Crippen molar-refractivity contribution in [3.63, 3.8) is 0 Å². The normalized spacial score (nSPS) is 12.0. The second kappa shape index (κ2) is 12.9.